The molecule has 1 aromatic carbocycles. The highest BCUT2D eigenvalue weighted by Gasteiger charge is 2.37. The van der Waals surface area contributed by atoms with Crippen molar-refractivity contribution in [2.45, 2.75) is 38.1 Å². The quantitative estimate of drug-likeness (QED) is 0.425. The molecule has 0 spiro atoms. The van der Waals surface area contributed by atoms with Gasteiger partial charge in [-0.1, -0.05) is 31.9 Å². The third kappa shape index (κ3) is 5.86. The molecule has 4 nitrogen and oxygen atoms in total. The molecule has 1 atom stereocenters. The Hall–Kier alpha value is -2.26. The van der Waals surface area contributed by atoms with Gasteiger partial charge in [0.15, 0.2) is 0 Å². The lowest BCUT2D eigenvalue weighted by Crippen LogP contribution is -2.22. The van der Waals surface area contributed by atoms with Crippen LogP contribution in [0.2, 0.25) is 0 Å². The summed E-state index contributed by atoms with van der Waals surface area (Å²) >= 11 is 1.50. The molecule has 1 unspecified atom stereocenters. The van der Waals surface area contributed by atoms with Crippen LogP contribution in [0.5, 0.6) is 0 Å². The Morgan fingerprint density at radius 2 is 1.86 bits per heavy atom. The van der Waals surface area contributed by atoms with E-state index in [2.05, 4.69) is 23.0 Å². The van der Waals surface area contributed by atoms with E-state index in [1.165, 1.54) is 29.9 Å². The molecule has 0 saturated carbocycles. The molecular formula is C20H20F3N3OS2. The number of benzene rings is 1. The molecule has 0 aliphatic carbocycles. The molecule has 0 fully saturated rings. The van der Waals surface area contributed by atoms with Crippen molar-refractivity contribution in [1.29, 1.82) is 0 Å². The van der Waals surface area contributed by atoms with E-state index < -0.39 is 16.5 Å². The van der Waals surface area contributed by atoms with Crippen LogP contribution in [-0.2, 0) is 17.4 Å². The summed E-state index contributed by atoms with van der Waals surface area (Å²) in [6.45, 7) is 2.17. The maximum absolute atomic E-state index is 12.4. The van der Waals surface area contributed by atoms with Crippen LogP contribution in [0.1, 0.15) is 31.9 Å². The summed E-state index contributed by atoms with van der Waals surface area (Å²) < 4.78 is 50.2. The second-order valence-corrected chi connectivity index (χ2v) is 8.49. The van der Waals surface area contributed by atoms with E-state index in [4.69, 9.17) is 0 Å². The number of thiazole rings is 1. The highest BCUT2D eigenvalue weighted by atomic mass is 32.2. The summed E-state index contributed by atoms with van der Waals surface area (Å²) in [5.41, 5.74) is -1.12. The zero-order valence-electron chi connectivity index (χ0n) is 15.7. The number of anilines is 1. The van der Waals surface area contributed by atoms with Gasteiger partial charge in [0.2, 0.25) is 11.0 Å². The number of pyridine rings is 1. The lowest BCUT2D eigenvalue weighted by Gasteiger charge is -2.08. The molecule has 154 valence electrons. The van der Waals surface area contributed by atoms with E-state index in [-0.39, 0.29) is 5.69 Å². The largest absolute Gasteiger partial charge is 0.490 e. The number of rotatable bonds is 8. The van der Waals surface area contributed by atoms with Crippen LogP contribution in [0.15, 0.2) is 48.0 Å². The standard InChI is InChI=1S/C20H20F3N3OS2/c1-2-3-4-5-17-12-15(10-11-24-17)19-25-18(13-28-19)14-6-8-16(9-7-14)26-29(27)20(21,22)23/h6-13,26H,2-5H2,1H3. The number of aromatic nitrogens is 2. The maximum Gasteiger partial charge on any atom is 0.490 e. The Balaban J connectivity index is 1.71. The Bertz CT molecular complexity index is 972. The molecule has 2 aromatic heterocycles. The van der Waals surface area contributed by atoms with Crippen LogP contribution in [0.4, 0.5) is 18.9 Å². The van der Waals surface area contributed by atoms with Crippen molar-refractivity contribution < 1.29 is 17.4 Å². The van der Waals surface area contributed by atoms with Crippen LogP contribution in [0, 0.1) is 0 Å². The molecule has 9 heteroatoms. The van der Waals surface area contributed by atoms with Crippen molar-refractivity contribution in [3.63, 3.8) is 0 Å². The van der Waals surface area contributed by atoms with Gasteiger partial charge in [-0.3, -0.25) is 9.71 Å². The number of nitrogens with zero attached hydrogens (tertiary/aromatic N) is 2. The van der Waals surface area contributed by atoms with Crippen LogP contribution in [-0.4, -0.2) is 19.7 Å². The summed E-state index contributed by atoms with van der Waals surface area (Å²) in [6, 6.07) is 10.2. The Morgan fingerprint density at radius 3 is 2.55 bits per heavy atom. The van der Waals surface area contributed by atoms with E-state index in [9.17, 15) is 17.4 Å². The van der Waals surface area contributed by atoms with Crippen LogP contribution in [0.3, 0.4) is 0 Å². The van der Waals surface area contributed by atoms with Crippen LogP contribution in [0.25, 0.3) is 21.8 Å². The first-order valence-electron chi connectivity index (χ1n) is 9.13. The monoisotopic (exact) mass is 439 g/mol. The highest BCUT2D eigenvalue weighted by molar-refractivity contribution is 7.87. The minimum absolute atomic E-state index is 0.130. The van der Waals surface area contributed by atoms with E-state index >= 15 is 0 Å². The molecule has 3 aromatic rings. The first-order valence-corrected chi connectivity index (χ1v) is 11.2. The molecule has 3 rings (SSSR count). The average Bonchev–Trinajstić information content (AvgIpc) is 3.18. The number of alkyl halides is 3. The van der Waals surface area contributed by atoms with Crippen molar-refractivity contribution in [2.75, 3.05) is 4.72 Å². The van der Waals surface area contributed by atoms with E-state index in [0.29, 0.717) is 0 Å². The predicted octanol–water partition coefficient (Wildman–Crippen LogP) is 6.20. The fourth-order valence-corrected chi connectivity index (χ4v) is 4.01. The van der Waals surface area contributed by atoms with Gasteiger partial charge in [0, 0.05) is 34.1 Å². The van der Waals surface area contributed by atoms with Gasteiger partial charge in [-0.15, -0.1) is 11.3 Å². The van der Waals surface area contributed by atoms with Gasteiger partial charge >= 0.3 is 5.51 Å². The highest BCUT2D eigenvalue weighted by Crippen LogP contribution is 2.30. The second kappa shape index (κ2) is 9.49. The fraction of sp³-hybridized carbons (Fsp3) is 0.300. The second-order valence-electron chi connectivity index (χ2n) is 6.42. The molecule has 0 amide bonds. The van der Waals surface area contributed by atoms with Crippen LogP contribution >= 0.6 is 11.3 Å². The Morgan fingerprint density at radius 1 is 1.10 bits per heavy atom. The van der Waals surface area contributed by atoms with Gasteiger partial charge in [0.05, 0.1) is 5.69 Å². The van der Waals surface area contributed by atoms with Crippen molar-refractivity contribution in [2.24, 2.45) is 0 Å². The van der Waals surface area contributed by atoms with Gasteiger partial charge in [-0.25, -0.2) is 9.19 Å². The molecular weight excluding hydrogens is 419 g/mol. The van der Waals surface area contributed by atoms with E-state index in [1.54, 1.807) is 18.3 Å². The summed E-state index contributed by atoms with van der Waals surface area (Å²) in [5.74, 6) is 0. The van der Waals surface area contributed by atoms with Gasteiger partial charge in [-0.2, -0.15) is 13.2 Å². The molecule has 1 N–H and O–H groups in total. The third-order valence-corrected chi connectivity index (χ3v) is 5.94. The normalized spacial score (nSPS) is 12.7. The fourth-order valence-electron chi connectivity index (χ4n) is 2.72. The van der Waals surface area contributed by atoms with Crippen molar-refractivity contribution in [3.8, 4) is 21.8 Å². The average molecular weight is 440 g/mol. The van der Waals surface area contributed by atoms with E-state index in [1.807, 2.05) is 16.2 Å². The number of unbranched alkanes of at least 4 members (excludes halogenated alkanes) is 2. The number of nitrogens with one attached hydrogen (secondary N) is 1. The number of halogens is 3. The molecule has 2 heterocycles. The predicted molar refractivity (Wildman–Crippen MR) is 112 cm³/mol. The zero-order valence-corrected chi connectivity index (χ0v) is 17.3. The first kappa shape index (κ1) is 21.4. The molecule has 0 aliphatic heterocycles. The minimum atomic E-state index is -4.80. The van der Waals surface area contributed by atoms with Crippen molar-refractivity contribution >= 4 is 28.0 Å². The van der Waals surface area contributed by atoms with Gasteiger partial charge in [0.25, 0.3) is 0 Å². The lowest BCUT2D eigenvalue weighted by molar-refractivity contribution is -0.0379. The van der Waals surface area contributed by atoms with Gasteiger partial charge in [-0.05, 0) is 37.1 Å². The van der Waals surface area contributed by atoms with Gasteiger partial charge < -0.3 is 0 Å². The van der Waals surface area contributed by atoms with Crippen molar-refractivity contribution in [3.05, 3.63) is 53.7 Å². The molecule has 0 aliphatic rings. The van der Waals surface area contributed by atoms with Crippen molar-refractivity contribution in [1.82, 2.24) is 9.97 Å². The number of hydrogen-bond acceptors (Lipinski definition) is 4. The zero-order chi connectivity index (χ0) is 20.9. The summed E-state index contributed by atoms with van der Waals surface area (Å²) in [6.07, 6.45) is 6.17. The molecule has 0 saturated heterocycles. The molecule has 0 radical (unpaired) electrons. The number of aryl methyl sites for hydroxylation is 1. The summed E-state index contributed by atoms with van der Waals surface area (Å²) in [4.78, 5) is 9.07. The summed E-state index contributed by atoms with van der Waals surface area (Å²) in [5, 5.41) is 2.77. The summed E-state index contributed by atoms with van der Waals surface area (Å²) in [7, 11) is -3.14. The lowest BCUT2D eigenvalue weighted by atomic mass is 10.1. The number of hydrogen-bond donors (Lipinski definition) is 1. The molecule has 29 heavy (non-hydrogen) atoms. The smallest absolute Gasteiger partial charge is 0.298 e. The maximum atomic E-state index is 12.4. The van der Waals surface area contributed by atoms with E-state index in [0.717, 1.165) is 46.8 Å². The topological polar surface area (TPSA) is 54.9 Å². The Labute approximate surface area is 173 Å². The third-order valence-electron chi connectivity index (χ3n) is 4.21. The van der Waals surface area contributed by atoms with Gasteiger partial charge in [0.1, 0.15) is 5.01 Å². The first-order chi connectivity index (χ1) is 13.9. The molecule has 0 bridgehead atoms. The van der Waals surface area contributed by atoms with Crippen LogP contribution < -0.4 is 4.72 Å². The SMILES string of the molecule is CCCCCc1cc(-c2nc(-c3ccc(NS(=O)C(F)(F)F)cc3)cs2)ccn1. The minimum Gasteiger partial charge on any atom is -0.298 e. The Kier molecular flexibility index (Phi) is 7.02.